The molecular weight excluding hydrogens is 236 g/mol. The second kappa shape index (κ2) is 10.8. The quantitative estimate of drug-likeness (QED) is 0.708. The Hall–Kier alpha value is -0.280. The molecule has 0 aromatic heterocycles. The van der Waals surface area contributed by atoms with Crippen molar-refractivity contribution in [2.24, 2.45) is 17.6 Å². The first-order chi connectivity index (χ1) is 7.53. The Balaban J connectivity index is 0. The lowest BCUT2D eigenvalue weighted by molar-refractivity contribution is -0.122. The van der Waals surface area contributed by atoms with Crippen LogP contribution in [0.5, 0.6) is 0 Å². The molecule has 1 amide bonds. The Morgan fingerprint density at radius 1 is 1.24 bits per heavy atom. The average Bonchev–Trinajstić information content (AvgIpc) is 2.24. The van der Waals surface area contributed by atoms with Crippen LogP contribution in [0.25, 0.3) is 0 Å². The third kappa shape index (κ3) is 9.42. The number of carbonyl (C=O) groups excluding carboxylic acids is 1. The van der Waals surface area contributed by atoms with E-state index in [4.69, 9.17) is 5.73 Å². The van der Waals surface area contributed by atoms with Crippen LogP contribution in [0, 0.1) is 11.8 Å². The maximum Gasteiger partial charge on any atom is 0.220 e. The fourth-order valence-corrected chi connectivity index (χ4v) is 1.91. The third-order valence-electron chi connectivity index (χ3n) is 3.03. The lowest BCUT2D eigenvalue weighted by atomic mass is 9.98. The van der Waals surface area contributed by atoms with Crippen molar-refractivity contribution in [3.63, 3.8) is 0 Å². The SMILES string of the molecule is CCC(CC)CC(=O)NC(CN)CC(C)C.Cl. The summed E-state index contributed by atoms with van der Waals surface area (Å²) in [6.45, 7) is 9.10. The van der Waals surface area contributed by atoms with Crippen molar-refractivity contribution in [1.82, 2.24) is 5.32 Å². The van der Waals surface area contributed by atoms with Gasteiger partial charge in [-0.3, -0.25) is 4.79 Å². The first-order valence-corrected chi connectivity index (χ1v) is 6.52. The van der Waals surface area contributed by atoms with Gasteiger partial charge in [0.25, 0.3) is 0 Å². The van der Waals surface area contributed by atoms with Gasteiger partial charge >= 0.3 is 0 Å². The summed E-state index contributed by atoms with van der Waals surface area (Å²) in [6, 6.07) is 0.141. The molecule has 0 heterocycles. The number of halogens is 1. The summed E-state index contributed by atoms with van der Waals surface area (Å²) in [6.07, 6.45) is 3.75. The number of nitrogens with two attached hydrogens (primary N) is 1. The van der Waals surface area contributed by atoms with E-state index in [1.54, 1.807) is 0 Å². The normalized spacial score (nSPS) is 12.4. The molecular formula is C13H29ClN2O. The van der Waals surface area contributed by atoms with Crippen molar-refractivity contribution in [1.29, 1.82) is 0 Å². The Morgan fingerprint density at radius 3 is 2.12 bits per heavy atom. The molecule has 0 saturated carbocycles. The standard InChI is InChI=1S/C13H28N2O.ClH/c1-5-11(6-2)8-13(16)15-12(9-14)7-10(3)4;/h10-12H,5-9,14H2,1-4H3,(H,15,16);1H. The van der Waals surface area contributed by atoms with E-state index in [1.165, 1.54) is 0 Å². The highest BCUT2D eigenvalue weighted by Gasteiger charge is 2.15. The molecule has 0 aliphatic carbocycles. The van der Waals surface area contributed by atoms with Crippen LogP contribution in [0.2, 0.25) is 0 Å². The molecule has 0 rings (SSSR count). The van der Waals surface area contributed by atoms with E-state index in [1.807, 2.05) is 0 Å². The molecule has 4 heteroatoms. The molecule has 1 unspecified atom stereocenters. The summed E-state index contributed by atoms with van der Waals surface area (Å²) >= 11 is 0. The van der Waals surface area contributed by atoms with Crippen molar-refractivity contribution in [3.05, 3.63) is 0 Å². The molecule has 0 aliphatic rings. The van der Waals surface area contributed by atoms with E-state index < -0.39 is 0 Å². The van der Waals surface area contributed by atoms with Crippen molar-refractivity contribution >= 4 is 18.3 Å². The van der Waals surface area contributed by atoms with Crippen LogP contribution in [-0.4, -0.2) is 18.5 Å². The zero-order chi connectivity index (χ0) is 12.6. The smallest absolute Gasteiger partial charge is 0.220 e. The zero-order valence-electron chi connectivity index (χ0n) is 11.7. The molecule has 17 heavy (non-hydrogen) atoms. The van der Waals surface area contributed by atoms with Crippen molar-refractivity contribution < 1.29 is 4.79 Å². The van der Waals surface area contributed by atoms with Crippen molar-refractivity contribution in [2.75, 3.05) is 6.54 Å². The summed E-state index contributed by atoms with van der Waals surface area (Å²) in [5.74, 6) is 1.24. The van der Waals surface area contributed by atoms with Crippen LogP contribution in [0.4, 0.5) is 0 Å². The van der Waals surface area contributed by atoms with Gasteiger partial charge in [0.2, 0.25) is 5.91 Å². The number of nitrogens with one attached hydrogen (secondary N) is 1. The van der Waals surface area contributed by atoms with Gasteiger partial charge in [-0.25, -0.2) is 0 Å². The highest BCUT2D eigenvalue weighted by Crippen LogP contribution is 2.12. The molecule has 0 aromatic rings. The van der Waals surface area contributed by atoms with Gasteiger partial charge in [0.15, 0.2) is 0 Å². The topological polar surface area (TPSA) is 55.1 Å². The van der Waals surface area contributed by atoms with E-state index in [9.17, 15) is 4.79 Å². The number of rotatable bonds is 8. The van der Waals surface area contributed by atoms with Gasteiger partial charge in [-0.05, 0) is 18.3 Å². The highest BCUT2D eigenvalue weighted by molar-refractivity contribution is 5.85. The Kier molecular flexibility index (Phi) is 12.2. The zero-order valence-corrected chi connectivity index (χ0v) is 12.5. The predicted molar refractivity (Wildman–Crippen MR) is 76.4 cm³/mol. The minimum atomic E-state index is 0. The number of amides is 1. The number of hydrogen-bond donors (Lipinski definition) is 2. The van der Waals surface area contributed by atoms with E-state index in [0.29, 0.717) is 24.8 Å². The molecule has 104 valence electrons. The van der Waals surface area contributed by atoms with E-state index >= 15 is 0 Å². The van der Waals surface area contributed by atoms with E-state index in [2.05, 4.69) is 33.0 Å². The van der Waals surface area contributed by atoms with Crippen LogP contribution >= 0.6 is 12.4 Å². The minimum Gasteiger partial charge on any atom is -0.352 e. The van der Waals surface area contributed by atoms with Crippen LogP contribution in [0.15, 0.2) is 0 Å². The largest absolute Gasteiger partial charge is 0.352 e. The molecule has 3 nitrogen and oxygen atoms in total. The van der Waals surface area contributed by atoms with Crippen LogP contribution in [0.1, 0.15) is 53.4 Å². The van der Waals surface area contributed by atoms with Gasteiger partial charge < -0.3 is 11.1 Å². The molecule has 1 atom stereocenters. The highest BCUT2D eigenvalue weighted by atomic mass is 35.5. The summed E-state index contributed by atoms with van der Waals surface area (Å²) in [7, 11) is 0. The molecule has 0 radical (unpaired) electrons. The minimum absolute atomic E-state index is 0. The fraction of sp³-hybridized carbons (Fsp3) is 0.923. The van der Waals surface area contributed by atoms with Gasteiger partial charge in [0, 0.05) is 19.0 Å². The van der Waals surface area contributed by atoms with Crippen LogP contribution < -0.4 is 11.1 Å². The maximum atomic E-state index is 11.8. The lowest BCUT2D eigenvalue weighted by Gasteiger charge is -2.20. The number of carbonyl (C=O) groups is 1. The van der Waals surface area contributed by atoms with Crippen molar-refractivity contribution in [3.8, 4) is 0 Å². The molecule has 0 aliphatic heterocycles. The molecule has 0 spiro atoms. The van der Waals surface area contributed by atoms with E-state index in [-0.39, 0.29) is 24.4 Å². The maximum absolute atomic E-state index is 11.8. The Bertz CT molecular complexity index is 194. The monoisotopic (exact) mass is 264 g/mol. The first-order valence-electron chi connectivity index (χ1n) is 6.52. The molecule has 0 fully saturated rings. The van der Waals surface area contributed by atoms with Crippen LogP contribution in [-0.2, 0) is 4.79 Å². The second-order valence-corrected chi connectivity index (χ2v) is 5.02. The number of hydrogen-bond acceptors (Lipinski definition) is 2. The average molecular weight is 265 g/mol. The summed E-state index contributed by atoms with van der Waals surface area (Å²) in [5.41, 5.74) is 5.65. The molecule has 0 bridgehead atoms. The third-order valence-corrected chi connectivity index (χ3v) is 3.03. The van der Waals surface area contributed by atoms with Gasteiger partial charge in [-0.2, -0.15) is 0 Å². The molecule has 0 saturated heterocycles. The predicted octanol–water partition coefficient (Wildman–Crippen LogP) is 2.72. The van der Waals surface area contributed by atoms with Gasteiger partial charge in [0.1, 0.15) is 0 Å². The van der Waals surface area contributed by atoms with Gasteiger partial charge in [0.05, 0.1) is 0 Å². The summed E-state index contributed by atoms with van der Waals surface area (Å²) < 4.78 is 0. The summed E-state index contributed by atoms with van der Waals surface area (Å²) in [4.78, 5) is 11.8. The van der Waals surface area contributed by atoms with Crippen molar-refractivity contribution in [2.45, 2.75) is 59.4 Å². The second-order valence-electron chi connectivity index (χ2n) is 5.02. The first kappa shape index (κ1) is 19.1. The lowest BCUT2D eigenvalue weighted by Crippen LogP contribution is -2.41. The summed E-state index contributed by atoms with van der Waals surface area (Å²) in [5, 5.41) is 3.03. The Labute approximate surface area is 112 Å². The fourth-order valence-electron chi connectivity index (χ4n) is 1.91. The van der Waals surface area contributed by atoms with Gasteiger partial charge in [-0.15, -0.1) is 12.4 Å². The van der Waals surface area contributed by atoms with Gasteiger partial charge in [-0.1, -0.05) is 40.5 Å². The van der Waals surface area contributed by atoms with Crippen LogP contribution in [0.3, 0.4) is 0 Å². The molecule has 0 aromatic carbocycles. The molecule has 3 N–H and O–H groups in total. The Morgan fingerprint density at radius 2 is 1.76 bits per heavy atom. The van der Waals surface area contributed by atoms with E-state index in [0.717, 1.165) is 19.3 Å².